The van der Waals surface area contributed by atoms with E-state index in [2.05, 4.69) is 31.5 Å². The van der Waals surface area contributed by atoms with E-state index in [0.29, 0.717) is 18.9 Å². The zero-order valence-corrected chi connectivity index (χ0v) is 16.6. The summed E-state index contributed by atoms with van der Waals surface area (Å²) in [5.74, 6) is 0.546. The maximum atomic E-state index is 12.5. The van der Waals surface area contributed by atoms with Crippen LogP contribution < -0.4 is 10.6 Å². The summed E-state index contributed by atoms with van der Waals surface area (Å²) < 4.78 is 0.970. The molecule has 0 spiro atoms. The molecular formula is C20H23BrN4O2. The Kier molecular flexibility index (Phi) is 6.81. The number of likely N-dealkylation sites (tertiary alicyclic amines) is 1. The van der Waals surface area contributed by atoms with Crippen LogP contribution in [0.2, 0.25) is 0 Å². The van der Waals surface area contributed by atoms with E-state index in [4.69, 9.17) is 0 Å². The Hall–Kier alpha value is -2.41. The van der Waals surface area contributed by atoms with Crippen LogP contribution in [-0.2, 0) is 11.2 Å². The number of carbonyl (C=O) groups is 2. The average Bonchev–Trinajstić information content (AvgIpc) is 2.69. The van der Waals surface area contributed by atoms with Crippen LogP contribution in [-0.4, -0.2) is 41.5 Å². The number of amides is 3. The first-order valence-electron chi connectivity index (χ1n) is 9.08. The zero-order chi connectivity index (χ0) is 19.1. The van der Waals surface area contributed by atoms with Crippen LogP contribution in [0.4, 0.5) is 10.5 Å². The summed E-state index contributed by atoms with van der Waals surface area (Å²) in [6.45, 7) is 2.09. The second-order valence-corrected chi connectivity index (χ2v) is 7.52. The van der Waals surface area contributed by atoms with Gasteiger partial charge in [0.1, 0.15) is 0 Å². The maximum Gasteiger partial charge on any atom is 0.319 e. The third kappa shape index (κ3) is 5.79. The number of hydrogen-bond acceptors (Lipinski definition) is 3. The number of benzene rings is 1. The third-order valence-corrected chi connectivity index (χ3v) is 5.53. The van der Waals surface area contributed by atoms with Crippen LogP contribution in [0.25, 0.3) is 0 Å². The highest BCUT2D eigenvalue weighted by Gasteiger charge is 2.23. The number of halogens is 1. The van der Waals surface area contributed by atoms with Gasteiger partial charge in [0, 0.05) is 42.2 Å². The molecule has 0 atom stereocenters. The standard InChI is InChI=1S/C20H23BrN4O2/c21-18-4-2-1-3-16(18)13-19(26)25-11-7-15(8-12-25)14-23-20(27)24-17-5-9-22-10-6-17/h1-6,9-10,15H,7-8,11-14H2,(H2,22,23,24,27). The van der Waals surface area contributed by atoms with Crippen LogP contribution in [0.3, 0.4) is 0 Å². The highest BCUT2D eigenvalue weighted by Crippen LogP contribution is 2.20. The molecule has 27 heavy (non-hydrogen) atoms. The third-order valence-electron chi connectivity index (χ3n) is 4.76. The quantitative estimate of drug-likeness (QED) is 0.762. The van der Waals surface area contributed by atoms with Gasteiger partial charge in [-0.1, -0.05) is 34.1 Å². The average molecular weight is 431 g/mol. The minimum absolute atomic E-state index is 0.156. The Balaban J connectivity index is 1.39. The molecule has 2 heterocycles. The first-order valence-corrected chi connectivity index (χ1v) is 9.87. The van der Waals surface area contributed by atoms with Gasteiger partial charge in [0.25, 0.3) is 0 Å². The van der Waals surface area contributed by atoms with Crippen molar-refractivity contribution < 1.29 is 9.59 Å². The second-order valence-electron chi connectivity index (χ2n) is 6.66. The molecule has 3 amide bonds. The molecule has 0 aliphatic carbocycles. The lowest BCUT2D eigenvalue weighted by atomic mass is 9.96. The molecule has 6 nitrogen and oxygen atoms in total. The van der Waals surface area contributed by atoms with Crippen molar-refractivity contribution in [1.82, 2.24) is 15.2 Å². The number of pyridine rings is 1. The van der Waals surface area contributed by atoms with Gasteiger partial charge in [0.2, 0.25) is 5.91 Å². The summed E-state index contributed by atoms with van der Waals surface area (Å²) >= 11 is 3.50. The summed E-state index contributed by atoms with van der Waals surface area (Å²) in [5, 5.41) is 5.69. The van der Waals surface area contributed by atoms with E-state index in [0.717, 1.165) is 41.7 Å². The van der Waals surface area contributed by atoms with E-state index in [9.17, 15) is 9.59 Å². The fourth-order valence-corrected chi connectivity index (χ4v) is 3.58. The zero-order valence-electron chi connectivity index (χ0n) is 15.0. The molecule has 0 bridgehead atoms. The molecule has 0 unspecified atom stereocenters. The van der Waals surface area contributed by atoms with Gasteiger partial charge in [-0.3, -0.25) is 9.78 Å². The van der Waals surface area contributed by atoms with Crippen molar-refractivity contribution in [3.8, 4) is 0 Å². The first kappa shape index (κ1) is 19.4. The molecule has 1 aromatic heterocycles. The lowest BCUT2D eigenvalue weighted by Crippen LogP contribution is -2.42. The van der Waals surface area contributed by atoms with Crippen molar-refractivity contribution in [3.05, 3.63) is 58.8 Å². The van der Waals surface area contributed by atoms with Crippen molar-refractivity contribution in [2.24, 2.45) is 5.92 Å². The van der Waals surface area contributed by atoms with Gasteiger partial charge in [0.05, 0.1) is 6.42 Å². The number of nitrogens with one attached hydrogen (secondary N) is 2. The number of urea groups is 1. The van der Waals surface area contributed by atoms with Gasteiger partial charge < -0.3 is 15.5 Å². The Morgan fingerprint density at radius 1 is 1.11 bits per heavy atom. The van der Waals surface area contributed by atoms with E-state index < -0.39 is 0 Å². The van der Waals surface area contributed by atoms with Crippen LogP contribution >= 0.6 is 15.9 Å². The van der Waals surface area contributed by atoms with E-state index in [-0.39, 0.29) is 11.9 Å². The highest BCUT2D eigenvalue weighted by molar-refractivity contribution is 9.10. The number of hydrogen-bond donors (Lipinski definition) is 2. The number of piperidine rings is 1. The van der Waals surface area contributed by atoms with Gasteiger partial charge in [0.15, 0.2) is 0 Å². The predicted molar refractivity (Wildman–Crippen MR) is 108 cm³/mol. The van der Waals surface area contributed by atoms with Crippen molar-refractivity contribution in [1.29, 1.82) is 0 Å². The summed E-state index contributed by atoms with van der Waals surface area (Å²) in [7, 11) is 0. The molecule has 0 saturated carbocycles. The SMILES string of the molecule is O=C(NCC1CCN(C(=O)Cc2ccccc2Br)CC1)Nc1ccncc1. The minimum Gasteiger partial charge on any atom is -0.342 e. The van der Waals surface area contributed by atoms with Gasteiger partial charge in [-0.05, 0) is 42.5 Å². The Morgan fingerprint density at radius 2 is 1.81 bits per heavy atom. The molecule has 1 fully saturated rings. The molecule has 1 aromatic carbocycles. The fourth-order valence-electron chi connectivity index (χ4n) is 3.15. The fraction of sp³-hybridized carbons (Fsp3) is 0.350. The van der Waals surface area contributed by atoms with Gasteiger partial charge in [-0.25, -0.2) is 4.79 Å². The molecule has 3 rings (SSSR count). The Morgan fingerprint density at radius 3 is 2.52 bits per heavy atom. The molecule has 1 aliphatic rings. The first-order chi connectivity index (χ1) is 13.1. The molecule has 2 aromatic rings. The van der Waals surface area contributed by atoms with Crippen molar-refractivity contribution >= 4 is 33.6 Å². The molecule has 7 heteroatoms. The molecule has 142 valence electrons. The van der Waals surface area contributed by atoms with Crippen molar-refractivity contribution in [3.63, 3.8) is 0 Å². The summed E-state index contributed by atoms with van der Waals surface area (Å²) in [4.78, 5) is 30.3. The largest absolute Gasteiger partial charge is 0.342 e. The van der Waals surface area contributed by atoms with Crippen molar-refractivity contribution in [2.75, 3.05) is 25.0 Å². The number of carbonyl (C=O) groups excluding carboxylic acids is 2. The maximum absolute atomic E-state index is 12.5. The minimum atomic E-state index is -0.214. The molecular weight excluding hydrogens is 408 g/mol. The number of anilines is 1. The van der Waals surface area contributed by atoms with Crippen molar-refractivity contribution in [2.45, 2.75) is 19.3 Å². The van der Waals surface area contributed by atoms with Crippen LogP contribution in [0, 0.1) is 5.92 Å². The van der Waals surface area contributed by atoms with E-state index in [1.165, 1.54) is 0 Å². The van der Waals surface area contributed by atoms with Gasteiger partial charge >= 0.3 is 6.03 Å². The smallest absolute Gasteiger partial charge is 0.319 e. The van der Waals surface area contributed by atoms with Gasteiger partial charge in [-0.2, -0.15) is 0 Å². The highest BCUT2D eigenvalue weighted by atomic mass is 79.9. The number of nitrogens with zero attached hydrogens (tertiary/aromatic N) is 2. The molecule has 1 saturated heterocycles. The van der Waals surface area contributed by atoms with E-state index >= 15 is 0 Å². The van der Waals surface area contributed by atoms with Crippen LogP contribution in [0.1, 0.15) is 18.4 Å². The molecule has 2 N–H and O–H groups in total. The monoisotopic (exact) mass is 430 g/mol. The van der Waals surface area contributed by atoms with Crippen LogP contribution in [0.15, 0.2) is 53.3 Å². The normalized spacial score (nSPS) is 14.6. The second kappa shape index (κ2) is 9.50. The van der Waals surface area contributed by atoms with Gasteiger partial charge in [-0.15, -0.1) is 0 Å². The van der Waals surface area contributed by atoms with E-state index in [1.54, 1.807) is 24.5 Å². The molecule has 1 aliphatic heterocycles. The number of rotatable bonds is 5. The van der Waals surface area contributed by atoms with Crippen LogP contribution in [0.5, 0.6) is 0 Å². The summed E-state index contributed by atoms with van der Waals surface area (Å²) in [5.41, 5.74) is 1.73. The van der Waals surface area contributed by atoms with E-state index in [1.807, 2.05) is 29.2 Å². The summed E-state index contributed by atoms with van der Waals surface area (Å²) in [6.07, 6.45) is 5.49. The molecule has 0 radical (unpaired) electrons. The topological polar surface area (TPSA) is 74.3 Å². The summed E-state index contributed by atoms with van der Waals surface area (Å²) in [6, 6.07) is 11.1. The lowest BCUT2D eigenvalue weighted by molar-refractivity contribution is -0.131. The lowest BCUT2D eigenvalue weighted by Gasteiger charge is -2.32. The Bertz CT molecular complexity index is 777. The Labute approximate surface area is 167 Å². The number of aromatic nitrogens is 1. The predicted octanol–water partition coefficient (Wildman–Crippen LogP) is 3.45.